The van der Waals surface area contributed by atoms with Crippen LogP contribution in [-0.2, 0) is 16.0 Å². The number of carbonyl (C=O) groups excluding carboxylic acids is 2. The molecule has 5 nitrogen and oxygen atoms in total. The summed E-state index contributed by atoms with van der Waals surface area (Å²) in [5.74, 6) is 0.0278. The van der Waals surface area contributed by atoms with Crippen molar-refractivity contribution in [3.8, 4) is 5.75 Å². The van der Waals surface area contributed by atoms with Gasteiger partial charge >= 0.3 is 0 Å². The van der Waals surface area contributed by atoms with Crippen molar-refractivity contribution in [2.75, 3.05) is 18.1 Å². The number of hydrogen-bond acceptors (Lipinski definition) is 3. The summed E-state index contributed by atoms with van der Waals surface area (Å²) in [7, 11) is 0. The van der Waals surface area contributed by atoms with Gasteiger partial charge in [-0.25, -0.2) is 0 Å². The number of amides is 2. The van der Waals surface area contributed by atoms with Crippen LogP contribution in [0, 0.1) is 13.8 Å². The van der Waals surface area contributed by atoms with Gasteiger partial charge in [-0.3, -0.25) is 9.59 Å². The molecule has 0 unspecified atom stereocenters. The Kier molecular flexibility index (Phi) is 5.60. The highest BCUT2D eigenvalue weighted by molar-refractivity contribution is 6.04. The standard InChI is InChI=1S/C22H24N2O3/c1-15-12-16(2)19-4-3-11-24(20(19)13-15)22(26)10-7-17-5-8-18(9-6-17)27-14-21(23)25/h5-10,12-13H,3-4,11,14H2,1-2H3,(H2,23,25). The van der Waals surface area contributed by atoms with E-state index < -0.39 is 5.91 Å². The molecule has 3 rings (SSSR count). The lowest BCUT2D eigenvalue weighted by atomic mass is 9.95. The molecule has 0 atom stereocenters. The highest BCUT2D eigenvalue weighted by Gasteiger charge is 2.22. The van der Waals surface area contributed by atoms with E-state index in [0.717, 1.165) is 30.6 Å². The molecule has 5 heteroatoms. The van der Waals surface area contributed by atoms with Gasteiger partial charge in [-0.05, 0) is 73.2 Å². The summed E-state index contributed by atoms with van der Waals surface area (Å²) in [6.07, 6.45) is 5.38. The number of ether oxygens (including phenoxy) is 1. The molecule has 0 bridgehead atoms. The Hall–Kier alpha value is -3.08. The minimum atomic E-state index is -0.517. The molecule has 0 radical (unpaired) electrons. The number of carbonyl (C=O) groups is 2. The van der Waals surface area contributed by atoms with E-state index in [1.54, 1.807) is 24.3 Å². The third-order valence-corrected chi connectivity index (χ3v) is 4.64. The Bertz CT molecular complexity index is 885. The molecule has 0 aromatic heterocycles. The predicted molar refractivity (Wildman–Crippen MR) is 107 cm³/mol. The lowest BCUT2D eigenvalue weighted by Crippen LogP contribution is -2.34. The zero-order chi connectivity index (χ0) is 19.4. The number of rotatable bonds is 5. The molecule has 0 saturated heterocycles. The lowest BCUT2D eigenvalue weighted by Gasteiger charge is -2.30. The van der Waals surface area contributed by atoms with E-state index in [1.165, 1.54) is 16.7 Å². The van der Waals surface area contributed by atoms with Gasteiger partial charge in [-0.2, -0.15) is 0 Å². The van der Waals surface area contributed by atoms with Gasteiger partial charge in [0.15, 0.2) is 6.61 Å². The number of hydrogen-bond donors (Lipinski definition) is 1. The third kappa shape index (κ3) is 4.56. The molecule has 0 saturated carbocycles. The van der Waals surface area contributed by atoms with Crippen molar-refractivity contribution in [1.29, 1.82) is 0 Å². The Balaban J connectivity index is 1.72. The maximum atomic E-state index is 12.8. The first-order valence-electron chi connectivity index (χ1n) is 9.05. The van der Waals surface area contributed by atoms with E-state index in [9.17, 15) is 9.59 Å². The molecule has 0 spiro atoms. The maximum Gasteiger partial charge on any atom is 0.255 e. The van der Waals surface area contributed by atoms with E-state index in [-0.39, 0.29) is 12.5 Å². The van der Waals surface area contributed by atoms with Gasteiger partial charge < -0.3 is 15.4 Å². The van der Waals surface area contributed by atoms with Crippen LogP contribution >= 0.6 is 0 Å². The predicted octanol–water partition coefficient (Wildman–Crippen LogP) is 3.16. The summed E-state index contributed by atoms with van der Waals surface area (Å²) in [5.41, 5.74) is 10.7. The van der Waals surface area contributed by atoms with Gasteiger partial charge in [0.1, 0.15) is 5.75 Å². The fraction of sp³-hybridized carbons (Fsp3) is 0.273. The molecule has 2 aromatic carbocycles. The van der Waals surface area contributed by atoms with Gasteiger partial charge in [0.2, 0.25) is 0 Å². The minimum Gasteiger partial charge on any atom is -0.484 e. The quantitative estimate of drug-likeness (QED) is 0.829. The smallest absolute Gasteiger partial charge is 0.255 e. The van der Waals surface area contributed by atoms with Crippen LogP contribution in [0.4, 0.5) is 5.69 Å². The molecule has 2 aromatic rings. The summed E-state index contributed by atoms with van der Waals surface area (Å²) < 4.78 is 5.23. The topological polar surface area (TPSA) is 72.6 Å². The zero-order valence-corrected chi connectivity index (χ0v) is 15.7. The zero-order valence-electron chi connectivity index (χ0n) is 15.7. The van der Waals surface area contributed by atoms with Gasteiger partial charge in [0.05, 0.1) is 0 Å². The van der Waals surface area contributed by atoms with Crippen LogP contribution in [0.25, 0.3) is 6.08 Å². The number of primary amides is 1. The van der Waals surface area contributed by atoms with Crippen molar-refractivity contribution in [3.63, 3.8) is 0 Å². The highest BCUT2D eigenvalue weighted by Crippen LogP contribution is 2.31. The van der Waals surface area contributed by atoms with Crippen LogP contribution in [0.5, 0.6) is 5.75 Å². The summed E-state index contributed by atoms with van der Waals surface area (Å²) in [6, 6.07) is 11.4. The largest absolute Gasteiger partial charge is 0.484 e. The molecular weight excluding hydrogens is 340 g/mol. The number of aryl methyl sites for hydroxylation is 2. The Morgan fingerprint density at radius 3 is 2.63 bits per heavy atom. The molecule has 27 heavy (non-hydrogen) atoms. The second kappa shape index (κ2) is 8.08. The first kappa shape index (κ1) is 18.7. The molecule has 0 aliphatic carbocycles. The maximum absolute atomic E-state index is 12.8. The second-order valence-electron chi connectivity index (χ2n) is 6.83. The van der Waals surface area contributed by atoms with Crippen LogP contribution in [0.3, 0.4) is 0 Å². The first-order valence-corrected chi connectivity index (χ1v) is 9.05. The van der Waals surface area contributed by atoms with E-state index in [4.69, 9.17) is 10.5 Å². The molecule has 1 aliphatic heterocycles. The fourth-order valence-corrected chi connectivity index (χ4v) is 3.39. The summed E-state index contributed by atoms with van der Waals surface area (Å²) in [4.78, 5) is 25.4. The highest BCUT2D eigenvalue weighted by atomic mass is 16.5. The van der Waals surface area contributed by atoms with E-state index in [0.29, 0.717) is 5.75 Å². The van der Waals surface area contributed by atoms with Crippen molar-refractivity contribution in [2.24, 2.45) is 5.73 Å². The average Bonchev–Trinajstić information content (AvgIpc) is 2.64. The van der Waals surface area contributed by atoms with Crippen molar-refractivity contribution < 1.29 is 14.3 Å². The molecular formula is C22H24N2O3. The number of fused-ring (bicyclic) bond motifs is 1. The minimum absolute atomic E-state index is 0.0185. The monoisotopic (exact) mass is 364 g/mol. The van der Waals surface area contributed by atoms with E-state index in [2.05, 4.69) is 26.0 Å². The molecule has 1 heterocycles. The molecule has 140 valence electrons. The second-order valence-corrected chi connectivity index (χ2v) is 6.83. The Labute approximate surface area is 159 Å². The summed E-state index contributed by atoms with van der Waals surface area (Å²) >= 11 is 0. The SMILES string of the molecule is Cc1cc(C)c2c(c1)N(C(=O)C=Cc1ccc(OCC(N)=O)cc1)CCC2. The molecule has 1 aliphatic rings. The number of anilines is 1. The Morgan fingerprint density at radius 2 is 1.93 bits per heavy atom. The fourth-order valence-electron chi connectivity index (χ4n) is 3.39. The van der Waals surface area contributed by atoms with Crippen molar-refractivity contribution >= 4 is 23.6 Å². The summed E-state index contributed by atoms with van der Waals surface area (Å²) in [5, 5.41) is 0. The number of nitrogens with zero attached hydrogens (tertiary/aromatic N) is 1. The Morgan fingerprint density at radius 1 is 1.19 bits per heavy atom. The van der Waals surface area contributed by atoms with Gasteiger partial charge in [-0.15, -0.1) is 0 Å². The van der Waals surface area contributed by atoms with Crippen LogP contribution < -0.4 is 15.4 Å². The molecule has 0 fully saturated rings. The summed E-state index contributed by atoms with van der Waals surface area (Å²) in [6.45, 7) is 4.75. The molecule has 2 N–H and O–H groups in total. The van der Waals surface area contributed by atoms with Crippen molar-refractivity contribution in [2.45, 2.75) is 26.7 Å². The van der Waals surface area contributed by atoms with Crippen LogP contribution in [0.1, 0.15) is 28.7 Å². The van der Waals surface area contributed by atoms with Gasteiger partial charge in [0, 0.05) is 18.3 Å². The van der Waals surface area contributed by atoms with Gasteiger partial charge in [-0.1, -0.05) is 18.2 Å². The van der Waals surface area contributed by atoms with E-state index >= 15 is 0 Å². The van der Waals surface area contributed by atoms with Gasteiger partial charge in [0.25, 0.3) is 11.8 Å². The lowest BCUT2D eigenvalue weighted by molar-refractivity contribution is -0.120. The van der Waals surface area contributed by atoms with Crippen molar-refractivity contribution in [1.82, 2.24) is 0 Å². The van der Waals surface area contributed by atoms with Crippen LogP contribution in [0.15, 0.2) is 42.5 Å². The molecule has 2 amide bonds. The average molecular weight is 364 g/mol. The third-order valence-electron chi connectivity index (χ3n) is 4.64. The number of nitrogens with two attached hydrogens (primary N) is 1. The van der Waals surface area contributed by atoms with E-state index in [1.807, 2.05) is 17.0 Å². The van der Waals surface area contributed by atoms with Crippen LogP contribution in [0.2, 0.25) is 0 Å². The van der Waals surface area contributed by atoms with Crippen LogP contribution in [-0.4, -0.2) is 25.0 Å². The van der Waals surface area contributed by atoms with Crippen molar-refractivity contribution in [3.05, 3.63) is 64.7 Å². The number of benzene rings is 2. The first-order chi connectivity index (χ1) is 12.9. The normalized spacial score (nSPS) is 13.5.